The van der Waals surface area contributed by atoms with Crippen LogP contribution in [0, 0.1) is 10.1 Å². The molecule has 2 aromatic rings. The second-order valence-electron chi connectivity index (χ2n) is 6.69. The van der Waals surface area contributed by atoms with Gasteiger partial charge in [-0.25, -0.2) is 4.79 Å². The molecule has 2 aliphatic rings. The minimum atomic E-state index is -0.706. The van der Waals surface area contributed by atoms with E-state index in [4.69, 9.17) is 4.74 Å². The number of nitro groups is 1. The lowest BCUT2D eigenvalue weighted by atomic mass is 10.1. The molecule has 1 saturated carbocycles. The van der Waals surface area contributed by atoms with Crippen LogP contribution in [0.1, 0.15) is 17.9 Å². The van der Waals surface area contributed by atoms with Crippen LogP contribution >= 0.6 is 0 Å². The number of nitro benzene ring substituents is 1. The highest BCUT2D eigenvalue weighted by molar-refractivity contribution is 6.18. The molecule has 1 fully saturated rings. The summed E-state index contributed by atoms with van der Waals surface area (Å²) in [5.41, 5.74) is 1.66. The van der Waals surface area contributed by atoms with Crippen molar-refractivity contribution in [2.24, 2.45) is 0 Å². The summed E-state index contributed by atoms with van der Waals surface area (Å²) in [6, 6.07) is 15.6. The monoisotopic (exact) mass is 379 g/mol. The SMILES string of the molecule is O=C(NC1CC1c1ccccc1)C1=C(Nc2cccc([N+](=O)[O-])c2)COC1=O. The molecule has 2 N–H and O–H groups in total. The average molecular weight is 379 g/mol. The van der Waals surface area contributed by atoms with Crippen molar-refractivity contribution in [1.29, 1.82) is 0 Å². The number of esters is 1. The molecule has 1 amide bonds. The van der Waals surface area contributed by atoms with Gasteiger partial charge < -0.3 is 15.4 Å². The van der Waals surface area contributed by atoms with Gasteiger partial charge in [0.05, 0.1) is 10.6 Å². The van der Waals surface area contributed by atoms with Crippen molar-refractivity contribution in [2.45, 2.75) is 18.4 Å². The highest BCUT2D eigenvalue weighted by Gasteiger charge is 2.41. The summed E-state index contributed by atoms with van der Waals surface area (Å²) in [5, 5.41) is 16.7. The zero-order valence-electron chi connectivity index (χ0n) is 14.8. The molecule has 142 valence electrons. The van der Waals surface area contributed by atoms with E-state index in [-0.39, 0.29) is 29.8 Å². The smallest absolute Gasteiger partial charge is 0.346 e. The molecule has 1 heterocycles. The fourth-order valence-electron chi connectivity index (χ4n) is 3.27. The Morgan fingerprint density at radius 1 is 1.14 bits per heavy atom. The molecule has 0 saturated heterocycles. The lowest BCUT2D eigenvalue weighted by Gasteiger charge is -2.08. The maximum atomic E-state index is 12.6. The van der Waals surface area contributed by atoms with E-state index < -0.39 is 16.8 Å². The third-order valence-corrected chi connectivity index (χ3v) is 4.77. The molecule has 1 aliphatic heterocycles. The van der Waals surface area contributed by atoms with Crippen molar-refractivity contribution >= 4 is 23.3 Å². The van der Waals surface area contributed by atoms with E-state index >= 15 is 0 Å². The van der Waals surface area contributed by atoms with Gasteiger partial charge >= 0.3 is 5.97 Å². The number of amides is 1. The molecule has 8 nitrogen and oxygen atoms in total. The third-order valence-electron chi connectivity index (χ3n) is 4.77. The molecule has 0 radical (unpaired) electrons. The molecule has 8 heteroatoms. The van der Waals surface area contributed by atoms with Gasteiger partial charge in [-0.1, -0.05) is 36.4 Å². The van der Waals surface area contributed by atoms with Gasteiger partial charge in [-0.15, -0.1) is 0 Å². The summed E-state index contributed by atoms with van der Waals surface area (Å²) in [7, 11) is 0. The summed E-state index contributed by atoms with van der Waals surface area (Å²) in [5.74, 6) is -0.974. The second kappa shape index (κ2) is 7.15. The van der Waals surface area contributed by atoms with Crippen LogP contribution in [0.3, 0.4) is 0 Å². The first-order chi connectivity index (χ1) is 13.5. The fraction of sp³-hybridized carbons (Fsp3) is 0.200. The van der Waals surface area contributed by atoms with Crippen LogP contribution in [-0.2, 0) is 14.3 Å². The zero-order chi connectivity index (χ0) is 19.7. The van der Waals surface area contributed by atoms with Crippen molar-refractivity contribution in [2.75, 3.05) is 11.9 Å². The summed E-state index contributed by atoms with van der Waals surface area (Å²) < 4.78 is 4.99. The Hall–Kier alpha value is -3.68. The van der Waals surface area contributed by atoms with E-state index in [9.17, 15) is 19.7 Å². The molecule has 2 unspecified atom stereocenters. The first-order valence-corrected chi connectivity index (χ1v) is 8.80. The number of anilines is 1. The van der Waals surface area contributed by atoms with Crippen molar-refractivity contribution in [3.8, 4) is 0 Å². The van der Waals surface area contributed by atoms with E-state index in [2.05, 4.69) is 10.6 Å². The van der Waals surface area contributed by atoms with E-state index in [0.717, 1.165) is 12.0 Å². The predicted octanol–water partition coefficient (Wildman–Crippen LogP) is 2.49. The quantitative estimate of drug-likeness (QED) is 0.345. The molecular formula is C20H17N3O5. The predicted molar refractivity (Wildman–Crippen MR) is 100 cm³/mol. The van der Waals surface area contributed by atoms with Gasteiger partial charge in [0.25, 0.3) is 11.6 Å². The number of nitrogens with zero attached hydrogens (tertiary/aromatic N) is 1. The Morgan fingerprint density at radius 2 is 1.93 bits per heavy atom. The lowest BCUT2D eigenvalue weighted by Crippen LogP contribution is -2.31. The van der Waals surface area contributed by atoms with Gasteiger partial charge in [-0.3, -0.25) is 14.9 Å². The number of benzene rings is 2. The van der Waals surface area contributed by atoms with Crippen molar-refractivity contribution in [3.05, 3.63) is 81.5 Å². The Balaban J connectivity index is 1.48. The van der Waals surface area contributed by atoms with Crippen LogP contribution in [0.2, 0.25) is 0 Å². The first-order valence-electron chi connectivity index (χ1n) is 8.80. The van der Waals surface area contributed by atoms with Crippen LogP contribution in [0.25, 0.3) is 0 Å². The van der Waals surface area contributed by atoms with Crippen LogP contribution in [0.5, 0.6) is 0 Å². The summed E-state index contributed by atoms with van der Waals surface area (Å²) in [6.07, 6.45) is 0.811. The van der Waals surface area contributed by atoms with Crippen LogP contribution in [0.4, 0.5) is 11.4 Å². The highest BCUT2D eigenvalue weighted by atomic mass is 16.6. The molecule has 28 heavy (non-hydrogen) atoms. The summed E-state index contributed by atoms with van der Waals surface area (Å²) >= 11 is 0. The van der Waals surface area contributed by atoms with E-state index in [1.54, 1.807) is 6.07 Å². The number of carbonyl (C=O) groups excluding carboxylic acids is 2. The van der Waals surface area contributed by atoms with Gasteiger partial charge in [0.2, 0.25) is 0 Å². The molecule has 2 aromatic carbocycles. The molecule has 4 rings (SSSR count). The van der Waals surface area contributed by atoms with Crippen molar-refractivity contribution < 1.29 is 19.2 Å². The molecule has 0 spiro atoms. The number of non-ortho nitro benzene ring substituents is 1. The van der Waals surface area contributed by atoms with Gasteiger partial charge in [-0.05, 0) is 18.1 Å². The van der Waals surface area contributed by atoms with Crippen molar-refractivity contribution in [3.63, 3.8) is 0 Å². The Morgan fingerprint density at radius 3 is 2.68 bits per heavy atom. The largest absolute Gasteiger partial charge is 0.455 e. The Labute approximate surface area is 160 Å². The number of nitrogens with one attached hydrogen (secondary N) is 2. The molecule has 1 aliphatic carbocycles. The van der Waals surface area contributed by atoms with Gasteiger partial charge in [0.1, 0.15) is 12.2 Å². The van der Waals surface area contributed by atoms with Gasteiger partial charge in [-0.2, -0.15) is 0 Å². The topological polar surface area (TPSA) is 111 Å². The minimum Gasteiger partial charge on any atom is -0.455 e. The lowest BCUT2D eigenvalue weighted by molar-refractivity contribution is -0.384. The molecule has 0 aromatic heterocycles. The number of carbonyl (C=O) groups is 2. The Bertz CT molecular complexity index is 986. The maximum Gasteiger partial charge on any atom is 0.346 e. The maximum absolute atomic E-state index is 12.6. The van der Waals surface area contributed by atoms with E-state index in [1.807, 2.05) is 30.3 Å². The number of ether oxygens (including phenoxy) is 1. The second-order valence-corrected chi connectivity index (χ2v) is 6.69. The van der Waals surface area contributed by atoms with Crippen LogP contribution in [0.15, 0.2) is 65.9 Å². The third kappa shape index (κ3) is 3.57. The van der Waals surface area contributed by atoms with Crippen LogP contribution in [-0.4, -0.2) is 29.4 Å². The van der Waals surface area contributed by atoms with Crippen LogP contribution < -0.4 is 10.6 Å². The fourth-order valence-corrected chi connectivity index (χ4v) is 3.27. The molecular weight excluding hydrogens is 362 g/mol. The number of rotatable bonds is 6. The number of hydrogen-bond acceptors (Lipinski definition) is 6. The zero-order valence-corrected chi connectivity index (χ0v) is 14.8. The molecule has 2 atom stereocenters. The summed E-state index contributed by atoms with van der Waals surface area (Å²) in [4.78, 5) is 35.1. The van der Waals surface area contributed by atoms with Gasteiger partial charge in [0, 0.05) is 29.8 Å². The highest BCUT2D eigenvalue weighted by Crippen LogP contribution is 2.40. The number of hydrogen-bond donors (Lipinski definition) is 2. The van der Waals surface area contributed by atoms with Crippen molar-refractivity contribution in [1.82, 2.24) is 5.32 Å². The normalized spacial score (nSPS) is 20.5. The number of cyclic esters (lactones) is 1. The standard InChI is InChI=1S/C20H17N3O5/c24-19(22-16-10-15(16)12-5-2-1-3-6-12)18-17(11-28-20(18)25)21-13-7-4-8-14(9-13)23(26)27/h1-9,15-16,21H,10-11H2,(H,22,24). The van der Waals surface area contributed by atoms with Gasteiger partial charge in [0.15, 0.2) is 0 Å². The van der Waals surface area contributed by atoms with E-state index in [0.29, 0.717) is 11.4 Å². The first kappa shape index (κ1) is 17.7. The summed E-state index contributed by atoms with van der Waals surface area (Å²) in [6.45, 7) is -0.0863. The van der Waals surface area contributed by atoms with E-state index in [1.165, 1.54) is 18.2 Å². The Kier molecular flexibility index (Phi) is 4.52. The average Bonchev–Trinajstić information content (AvgIpc) is 3.36. The molecule has 0 bridgehead atoms. The minimum absolute atomic E-state index is 0.0325.